The molecule has 0 aliphatic heterocycles. The van der Waals surface area contributed by atoms with Crippen molar-refractivity contribution in [3.05, 3.63) is 28.6 Å². The zero-order valence-electron chi connectivity index (χ0n) is 7.16. The third kappa shape index (κ3) is 1.62. The van der Waals surface area contributed by atoms with E-state index in [2.05, 4.69) is 34.6 Å². The van der Waals surface area contributed by atoms with Crippen LogP contribution in [0.15, 0.2) is 23.1 Å². The third-order valence-corrected chi connectivity index (χ3v) is 4.59. The molecule has 1 heterocycles. The van der Waals surface area contributed by atoms with Gasteiger partial charge < -0.3 is 0 Å². The number of thiophene rings is 1. The van der Waals surface area contributed by atoms with E-state index < -0.39 is 0 Å². The van der Waals surface area contributed by atoms with Crippen molar-refractivity contribution in [1.29, 1.82) is 0 Å². The van der Waals surface area contributed by atoms with Gasteiger partial charge in [0.25, 0.3) is 0 Å². The molecule has 1 aromatic carbocycles. The highest BCUT2D eigenvalue weighted by Gasteiger charge is 2.07. The molecule has 1 nitrogen and oxygen atoms in total. The Morgan fingerprint density at radius 3 is 2.93 bits per heavy atom. The van der Waals surface area contributed by atoms with Gasteiger partial charge in [0.1, 0.15) is 0 Å². The first-order valence-corrected chi connectivity index (χ1v) is 6.40. The highest BCUT2D eigenvalue weighted by atomic mass is 79.9. The normalized spacial score (nSPS) is 10.7. The number of rotatable bonds is 2. The molecule has 0 aliphatic rings. The van der Waals surface area contributed by atoms with Crippen LogP contribution in [0.5, 0.6) is 0 Å². The Hall–Kier alpha value is -0.320. The molecule has 0 fully saturated rings. The first-order valence-electron chi connectivity index (χ1n) is 4.02. The Morgan fingerprint density at radius 2 is 2.29 bits per heavy atom. The molecule has 0 bridgehead atoms. The fourth-order valence-corrected chi connectivity index (χ4v) is 3.14. The van der Waals surface area contributed by atoms with E-state index in [1.165, 1.54) is 9.58 Å². The lowest BCUT2D eigenvalue weighted by atomic mass is 10.2. The molecule has 0 unspecified atom stereocenters. The Bertz CT molecular complexity index is 490. The Morgan fingerprint density at radius 1 is 1.50 bits per heavy atom. The first kappa shape index (κ1) is 10.2. The van der Waals surface area contributed by atoms with Gasteiger partial charge in [0.15, 0.2) is 6.29 Å². The summed E-state index contributed by atoms with van der Waals surface area (Å²) in [5.41, 5.74) is 0.653. The van der Waals surface area contributed by atoms with E-state index in [1.807, 2.05) is 12.1 Å². The molecule has 2 rings (SSSR count). The second kappa shape index (κ2) is 4.04. The van der Waals surface area contributed by atoms with Crippen LogP contribution in [0.2, 0.25) is 0 Å². The molecule has 72 valence electrons. The second-order valence-corrected chi connectivity index (χ2v) is 5.06. The minimum Gasteiger partial charge on any atom is -0.298 e. The molecule has 4 heteroatoms. The molecule has 0 aliphatic carbocycles. The fraction of sp³-hybridized carbons (Fsp3) is 0.100. The van der Waals surface area contributed by atoms with Crippen LogP contribution < -0.4 is 0 Å². The molecule has 2 aromatic rings. The maximum absolute atomic E-state index is 10.7. The Labute approximate surface area is 99.7 Å². The van der Waals surface area contributed by atoms with Crippen LogP contribution in [0.25, 0.3) is 10.1 Å². The minimum atomic E-state index is 0.653. The van der Waals surface area contributed by atoms with E-state index in [9.17, 15) is 4.79 Å². The summed E-state index contributed by atoms with van der Waals surface area (Å²) < 4.78 is 1.18. The number of hydrogen-bond donors (Lipinski definition) is 1. The summed E-state index contributed by atoms with van der Waals surface area (Å²) in [7, 11) is 0. The zero-order chi connectivity index (χ0) is 10.1. The fourth-order valence-electron chi connectivity index (χ4n) is 1.33. The topological polar surface area (TPSA) is 17.1 Å². The van der Waals surface area contributed by atoms with Crippen LogP contribution >= 0.6 is 39.9 Å². The quantitative estimate of drug-likeness (QED) is 0.503. The molecule has 0 saturated carbocycles. The number of hydrogen-bond acceptors (Lipinski definition) is 3. The lowest BCUT2D eigenvalue weighted by Gasteiger charge is -1.97. The number of alkyl halides is 1. The third-order valence-electron chi connectivity index (χ3n) is 2.01. The summed E-state index contributed by atoms with van der Waals surface area (Å²) in [4.78, 5) is 12.7. The number of aldehydes is 1. The predicted octanol–water partition coefficient (Wildman–Crippen LogP) is 3.90. The standard InChI is InChI=1S/C10H7BrOS2/c11-4-7-3-8-9(14-7)2-1-6(5-12)10(8)13/h1-3,5,13H,4H2. The van der Waals surface area contributed by atoms with E-state index in [0.717, 1.165) is 21.9 Å². The summed E-state index contributed by atoms with van der Waals surface area (Å²) in [5, 5.41) is 1.91. The van der Waals surface area contributed by atoms with Crippen molar-refractivity contribution in [2.75, 3.05) is 0 Å². The summed E-state index contributed by atoms with van der Waals surface area (Å²) in [6, 6.07) is 5.85. The van der Waals surface area contributed by atoms with Gasteiger partial charge in [0, 0.05) is 30.8 Å². The minimum absolute atomic E-state index is 0.653. The van der Waals surface area contributed by atoms with Gasteiger partial charge >= 0.3 is 0 Å². The van der Waals surface area contributed by atoms with Crippen molar-refractivity contribution in [2.24, 2.45) is 0 Å². The number of thiol groups is 1. The number of carbonyl (C=O) groups is 1. The highest BCUT2D eigenvalue weighted by Crippen LogP contribution is 2.32. The van der Waals surface area contributed by atoms with Gasteiger partial charge in [0.05, 0.1) is 0 Å². The van der Waals surface area contributed by atoms with Gasteiger partial charge in [-0.1, -0.05) is 15.9 Å². The van der Waals surface area contributed by atoms with Crippen LogP contribution in [0, 0.1) is 0 Å². The molecular weight excluding hydrogens is 280 g/mol. The van der Waals surface area contributed by atoms with Crippen molar-refractivity contribution >= 4 is 56.3 Å². The van der Waals surface area contributed by atoms with Gasteiger partial charge in [-0.2, -0.15) is 0 Å². The van der Waals surface area contributed by atoms with Gasteiger partial charge in [-0.3, -0.25) is 4.79 Å². The number of benzene rings is 1. The van der Waals surface area contributed by atoms with E-state index in [4.69, 9.17) is 0 Å². The van der Waals surface area contributed by atoms with Crippen LogP contribution in [-0.4, -0.2) is 6.29 Å². The van der Waals surface area contributed by atoms with Crippen LogP contribution in [0.1, 0.15) is 15.2 Å². The predicted molar refractivity (Wildman–Crippen MR) is 67.1 cm³/mol. The molecule has 0 spiro atoms. The number of fused-ring (bicyclic) bond motifs is 1. The maximum atomic E-state index is 10.7. The van der Waals surface area contributed by atoms with Crippen molar-refractivity contribution in [1.82, 2.24) is 0 Å². The number of carbonyl (C=O) groups excluding carboxylic acids is 1. The van der Waals surface area contributed by atoms with Gasteiger partial charge in [-0.25, -0.2) is 0 Å². The maximum Gasteiger partial charge on any atom is 0.151 e. The summed E-state index contributed by atoms with van der Waals surface area (Å²) >= 11 is 9.49. The van der Waals surface area contributed by atoms with Crippen LogP contribution in [0.3, 0.4) is 0 Å². The van der Waals surface area contributed by atoms with Crippen molar-refractivity contribution < 1.29 is 4.79 Å². The summed E-state index contributed by atoms with van der Waals surface area (Å²) in [6.45, 7) is 0. The Balaban J connectivity index is 2.74. The molecule has 0 saturated heterocycles. The molecular formula is C10H7BrOS2. The smallest absolute Gasteiger partial charge is 0.151 e. The van der Waals surface area contributed by atoms with E-state index in [1.54, 1.807) is 11.3 Å². The van der Waals surface area contributed by atoms with Gasteiger partial charge in [-0.15, -0.1) is 24.0 Å². The Kier molecular flexibility index (Phi) is 2.95. The zero-order valence-corrected chi connectivity index (χ0v) is 10.5. The SMILES string of the molecule is O=Cc1ccc2sc(CBr)cc2c1S. The van der Waals surface area contributed by atoms with Crippen molar-refractivity contribution in [3.63, 3.8) is 0 Å². The molecule has 0 N–H and O–H groups in total. The first-order chi connectivity index (χ1) is 6.76. The largest absolute Gasteiger partial charge is 0.298 e. The van der Waals surface area contributed by atoms with Crippen molar-refractivity contribution in [3.8, 4) is 0 Å². The van der Waals surface area contributed by atoms with E-state index in [0.29, 0.717) is 5.56 Å². The van der Waals surface area contributed by atoms with Crippen molar-refractivity contribution in [2.45, 2.75) is 10.2 Å². The van der Waals surface area contributed by atoms with Gasteiger partial charge in [-0.05, 0) is 18.2 Å². The lowest BCUT2D eigenvalue weighted by Crippen LogP contribution is -1.81. The molecule has 0 amide bonds. The number of halogens is 1. The lowest BCUT2D eigenvalue weighted by molar-refractivity contribution is 0.112. The molecule has 0 atom stereocenters. The van der Waals surface area contributed by atoms with Crippen LogP contribution in [0.4, 0.5) is 0 Å². The average molecular weight is 287 g/mol. The average Bonchev–Trinajstić information content (AvgIpc) is 2.62. The van der Waals surface area contributed by atoms with E-state index in [-0.39, 0.29) is 0 Å². The monoisotopic (exact) mass is 286 g/mol. The van der Waals surface area contributed by atoms with Gasteiger partial charge in [0.2, 0.25) is 0 Å². The highest BCUT2D eigenvalue weighted by molar-refractivity contribution is 9.08. The summed E-state index contributed by atoms with van der Waals surface area (Å²) in [5.74, 6) is 0. The van der Waals surface area contributed by atoms with E-state index >= 15 is 0 Å². The van der Waals surface area contributed by atoms with Crippen LogP contribution in [-0.2, 0) is 5.33 Å². The molecule has 1 aromatic heterocycles. The molecule has 0 radical (unpaired) electrons. The molecule has 14 heavy (non-hydrogen) atoms. The summed E-state index contributed by atoms with van der Waals surface area (Å²) in [6.07, 6.45) is 0.841. The second-order valence-electron chi connectivity index (χ2n) is 2.88.